The van der Waals surface area contributed by atoms with E-state index in [0.29, 0.717) is 12.2 Å². The lowest BCUT2D eigenvalue weighted by Gasteiger charge is -2.09. The Morgan fingerprint density at radius 2 is 2.29 bits per heavy atom. The fourth-order valence-corrected chi connectivity index (χ4v) is 1.99. The van der Waals surface area contributed by atoms with Gasteiger partial charge in [-0.3, -0.25) is 9.48 Å². The van der Waals surface area contributed by atoms with Crippen LogP contribution in [0.25, 0.3) is 0 Å². The minimum atomic E-state index is -0.691. The van der Waals surface area contributed by atoms with Crippen molar-refractivity contribution in [3.63, 3.8) is 0 Å². The van der Waals surface area contributed by atoms with E-state index in [1.54, 1.807) is 13.0 Å². The smallest absolute Gasteiger partial charge is 0.276 e. The maximum atomic E-state index is 13.5. The normalized spacial score (nSPS) is 10.2. The molecule has 0 radical (unpaired) electrons. The van der Waals surface area contributed by atoms with Crippen LogP contribution in [0.5, 0.6) is 0 Å². The number of nitriles is 1. The Morgan fingerprint density at radius 3 is 2.90 bits per heavy atom. The first-order valence-electron chi connectivity index (χ1n) is 6.32. The van der Waals surface area contributed by atoms with Crippen LogP contribution in [-0.4, -0.2) is 15.7 Å². The van der Waals surface area contributed by atoms with Gasteiger partial charge >= 0.3 is 0 Å². The summed E-state index contributed by atoms with van der Waals surface area (Å²) in [6.45, 7) is 3.99. The molecule has 0 unspecified atom stereocenters. The first-order chi connectivity index (χ1) is 9.99. The van der Waals surface area contributed by atoms with E-state index in [-0.39, 0.29) is 22.6 Å². The molecule has 0 spiro atoms. The van der Waals surface area contributed by atoms with Gasteiger partial charge in [0.1, 0.15) is 23.1 Å². The molecule has 21 heavy (non-hydrogen) atoms. The van der Waals surface area contributed by atoms with Crippen molar-refractivity contribution in [2.75, 3.05) is 11.1 Å². The summed E-state index contributed by atoms with van der Waals surface area (Å²) < 4.78 is 15.0. The minimum Gasteiger partial charge on any atom is -0.395 e. The van der Waals surface area contributed by atoms with E-state index in [9.17, 15) is 9.18 Å². The molecule has 7 heteroatoms. The zero-order chi connectivity index (χ0) is 15.6. The standard InChI is InChI=1S/C14H14FN5O/c1-3-20-13(12(17)8(2)19-20)14(21)18-11-6-4-5-10(15)9(11)7-16/h4-6H,3,17H2,1-2H3,(H,18,21). The van der Waals surface area contributed by atoms with Crippen molar-refractivity contribution in [2.24, 2.45) is 0 Å². The maximum absolute atomic E-state index is 13.5. The predicted octanol–water partition coefficient (Wildman–Crippen LogP) is 2.06. The third-order valence-electron chi connectivity index (χ3n) is 3.06. The van der Waals surface area contributed by atoms with Gasteiger partial charge in [-0.2, -0.15) is 10.4 Å². The van der Waals surface area contributed by atoms with Crippen LogP contribution in [0.1, 0.15) is 28.7 Å². The molecule has 0 aliphatic carbocycles. The molecule has 6 nitrogen and oxygen atoms in total. The summed E-state index contributed by atoms with van der Waals surface area (Å²) in [5.74, 6) is -1.22. The van der Waals surface area contributed by atoms with Crippen LogP contribution in [0.4, 0.5) is 15.8 Å². The number of nitrogen functional groups attached to an aromatic ring is 1. The molecule has 2 rings (SSSR count). The number of aryl methyl sites for hydroxylation is 2. The highest BCUT2D eigenvalue weighted by atomic mass is 19.1. The Hall–Kier alpha value is -2.88. The van der Waals surface area contributed by atoms with Crippen LogP contribution >= 0.6 is 0 Å². The number of anilines is 2. The summed E-state index contributed by atoms with van der Waals surface area (Å²) in [6.07, 6.45) is 0. The third-order valence-corrected chi connectivity index (χ3v) is 3.06. The fourth-order valence-electron chi connectivity index (χ4n) is 1.99. The highest BCUT2D eigenvalue weighted by Gasteiger charge is 2.20. The molecule has 3 N–H and O–H groups in total. The summed E-state index contributed by atoms with van der Waals surface area (Å²) in [5, 5.41) is 15.6. The molecule has 0 saturated heterocycles. The van der Waals surface area contributed by atoms with Gasteiger partial charge in [0.15, 0.2) is 0 Å². The van der Waals surface area contributed by atoms with Crippen molar-refractivity contribution in [3.8, 4) is 6.07 Å². The van der Waals surface area contributed by atoms with Crippen LogP contribution in [0.15, 0.2) is 18.2 Å². The lowest BCUT2D eigenvalue weighted by molar-refractivity contribution is 0.101. The molecule has 0 atom stereocenters. The van der Waals surface area contributed by atoms with E-state index in [1.807, 2.05) is 6.92 Å². The number of nitrogens with one attached hydrogen (secondary N) is 1. The van der Waals surface area contributed by atoms with Crippen LogP contribution in [0.3, 0.4) is 0 Å². The number of hydrogen-bond acceptors (Lipinski definition) is 4. The lowest BCUT2D eigenvalue weighted by Crippen LogP contribution is -2.19. The Balaban J connectivity index is 2.40. The maximum Gasteiger partial charge on any atom is 0.276 e. The molecule has 2 aromatic rings. The van der Waals surface area contributed by atoms with Gasteiger partial charge in [-0.1, -0.05) is 6.07 Å². The second-order valence-electron chi connectivity index (χ2n) is 4.39. The summed E-state index contributed by atoms with van der Waals surface area (Å²) in [4.78, 5) is 12.3. The van der Waals surface area contributed by atoms with Crippen molar-refractivity contribution in [3.05, 3.63) is 41.0 Å². The average Bonchev–Trinajstić information content (AvgIpc) is 2.74. The number of rotatable bonds is 3. The molecular formula is C14H14FN5O. The van der Waals surface area contributed by atoms with E-state index < -0.39 is 11.7 Å². The van der Waals surface area contributed by atoms with Gasteiger partial charge in [-0.25, -0.2) is 4.39 Å². The van der Waals surface area contributed by atoms with Gasteiger partial charge in [0.05, 0.1) is 17.1 Å². The van der Waals surface area contributed by atoms with E-state index in [2.05, 4.69) is 10.4 Å². The highest BCUT2D eigenvalue weighted by Crippen LogP contribution is 2.21. The molecule has 0 aliphatic rings. The first-order valence-corrected chi connectivity index (χ1v) is 6.32. The van der Waals surface area contributed by atoms with Crippen LogP contribution in [0, 0.1) is 24.1 Å². The van der Waals surface area contributed by atoms with Crippen molar-refractivity contribution >= 4 is 17.3 Å². The Morgan fingerprint density at radius 1 is 1.57 bits per heavy atom. The largest absolute Gasteiger partial charge is 0.395 e. The second kappa shape index (κ2) is 5.63. The zero-order valence-electron chi connectivity index (χ0n) is 11.6. The van der Waals surface area contributed by atoms with Crippen molar-refractivity contribution < 1.29 is 9.18 Å². The number of aromatic nitrogens is 2. The average molecular weight is 287 g/mol. The second-order valence-corrected chi connectivity index (χ2v) is 4.39. The Bertz CT molecular complexity index is 745. The van der Waals surface area contributed by atoms with E-state index in [0.717, 1.165) is 6.07 Å². The molecule has 1 aromatic heterocycles. The van der Waals surface area contributed by atoms with Crippen molar-refractivity contribution in [1.82, 2.24) is 9.78 Å². The SMILES string of the molecule is CCn1nc(C)c(N)c1C(=O)Nc1cccc(F)c1C#N. The summed E-state index contributed by atoms with van der Waals surface area (Å²) in [6, 6.07) is 5.75. The summed E-state index contributed by atoms with van der Waals surface area (Å²) in [5.41, 5.74) is 6.74. The van der Waals surface area contributed by atoms with Gasteiger partial charge in [-0.15, -0.1) is 0 Å². The van der Waals surface area contributed by atoms with Gasteiger partial charge in [0, 0.05) is 6.54 Å². The Labute approximate surface area is 121 Å². The Kier molecular flexibility index (Phi) is 3.89. The van der Waals surface area contributed by atoms with Gasteiger partial charge in [-0.05, 0) is 26.0 Å². The number of nitrogens with two attached hydrogens (primary N) is 1. The molecule has 0 saturated carbocycles. The predicted molar refractivity (Wildman–Crippen MR) is 76.1 cm³/mol. The molecule has 1 amide bonds. The summed E-state index contributed by atoms with van der Waals surface area (Å²) in [7, 11) is 0. The number of nitrogens with zero attached hydrogens (tertiary/aromatic N) is 3. The zero-order valence-corrected chi connectivity index (χ0v) is 11.6. The lowest BCUT2D eigenvalue weighted by atomic mass is 10.1. The molecule has 0 fully saturated rings. The number of carbonyl (C=O) groups is 1. The minimum absolute atomic E-state index is 0.100. The number of amides is 1. The first kappa shape index (κ1) is 14.5. The van der Waals surface area contributed by atoms with Crippen molar-refractivity contribution in [2.45, 2.75) is 20.4 Å². The van der Waals surface area contributed by atoms with Gasteiger partial charge in [0.25, 0.3) is 5.91 Å². The number of hydrogen-bond donors (Lipinski definition) is 2. The summed E-state index contributed by atoms with van der Waals surface area (Å²) >= 11 is 0. The topological polar surface area (TPSA) is 96.7 Å². The van der Waals surface area contributed by atoms with Crippen LogP contribution in [-0.2, 0) is 6.54 Å². The highest BCUT2D eigenvalue weighted by molar-refractivity contribution is 6.07. The molecule has 1 heterocycles. The van der Waals surface area contributed by atoms with E-state index in [4.69, 9.17) is 11.0 Å². The molecule has 0 aliphatic heterocycles. The van der Waals surface area contributed by atoms with Gasteiger partial charge in [0.2, 0.25) is 0 Å². The fraction of sp³-hybridized carbons (Fsp3) is 0.214. The quantitative estimate of drug-likeness (QED) is 0.902. The number of halogens is 1. The molecular weight excluding hydrogens is 273 g/mol. The van der Waals surface area contributed by atoms with E-state index >= 15 is 0 Å². The van der Waals surface area contributed by atoms with Crippen LogP contribution in [0.2, 0.25) is 0 Å². The van der Waals surface area contributed by atoms with Gasteiger partial charge < -0.3 is 11.1 Å². The third kappa shape index (κ3) is 2.56. The van der Waals surface area contributed by atoms with Crippen LogP contribution < -0.4 is 11.1 Å². The number of carbonyl (C=O) groups excluding carboxylic acids is 1. The number of benzene rings is 1. The van der Waals surface area contributed by atoms with Crippen molar-refractivity contribution in [1.29, 1.82) is 5.26 Å². The molecule has 108 valence electrons. The molecule has 1 aromatic carbocycles. The monoisotopic (exact) mass is 287 g/mol. The van der Waals surface area contributed by atoms with E-state index in [1.165, 1.54) is 16.8 Å². The molecule has 0 bridgehead atoms.